The number of H-pyrrole nitrogens is 1. The molecule has 0 aliphatic rings. The minimum atomic E-state index is -0.230. The van der Waals surface area contributed by atoms with Gasteiger partial charge in [0.2, 0.25) is 5.91 Å². The average Bonchev–Trinajstić information content (AvgIpc) is 2.95. The van der Waals surface area contributed by atoms with E-state index in [2.05, 4.69) is 31.2 Å². The van der Waals surface area contributed by atoms with Gasteiger partial charge in [-0.05, 0) is 44.4 Å². The molecule has 0 fully saturated rings. The predicted octanol–water partition coefficient (Wildman–Crippen LogP) is 4.34. The molecule has 0 bridgehead atoms. The molecule has 0 spiro atoms. The number of nitrogens with zero attached hydrogens (tertiary/aromatic N) is 1. The summed E-state index contributed by atoms with van der Waals surface area (Å²) in [6, 6.07) is 8.00. The number of halogens is 1. The maximum Gasteiger partial charge on any atom is 0.259 e. The van der Waals surface area contributed by atoms with E-state index >= 15 is 0 Å². The second-order valence-corrected chi connectivity index (χ2v) is 9.95. The molecule has 1 unspecified atom stereocenters. The zero-order valence-electron chi connectivity index (χ0n) is 16.0. The molecule has 0 saturated heterocycles. The van der Waals surface area contributed by atoms with Gasteiger partial charge in [-0.25, -0.2) is 4.98 Å². The van der Waals surface area contributed by atoms with Crippen molar-refractivity contribution in [1.82, 2.24) is 15.3 Å². The van der Waals surface area contributed by atoms with E-state index in [4.69, 9.17) is 0 Å². The number of rotatable bonds is 7. The highest BCUT2D eigenvalue weighted by atomic mass is 79.9. The van der Waals surface area contributed by atoms with Crippen LogP contribution in [-0.4, -0.2) is 27.7 Å². The molecule has 3 rings (SSSR count). The van der Waals surface area contributed by atoms with Gasteiger partial charge in [0.05, 0.1) is 16.4 Å². The smallest absolute Gasteiger partial charge is 0.259 e. The molecule has 2 aromatic heterocycles. The molecule has 5 nitrogen and oxygen atoms in total. The Bertz CT molecular complexity index is 1060. The molecule has 1 amide bonds. The normalized spacial score (nSPS) is 12.3. The number of benzene rings is 1. The SMILES string of the molecule is Cc1sc2nc(CSC(C)C(=O)NCCc3ccccc3Br)[nH]c(=O)c2c1C. The summed E-state index contributed by atoms with van der Waals surface area (Å²) in [6.45, 7) is 6.39. The molecular weight excluding hydrogens is 458 g/mol. The van der Waals surface area contributed by atoms with E-state index in [9.17, 15) is 9.59 Å². The summed E-state index contributed by atoms with van der Waals surface area (Å²) < 4.78 is 1.05. The van der Waals surface area contributed by atoms with Crippen molar-refractivity contribution in [3.05, 3.63) is 60.9 Å². The van der Waals surface area contributed by atoms with Crippen molar-refractivity contribution in [1.29, 1.82) is 0 Å². The Balaban J connectivity index is 1.54. The van der Waals surface area contributed by atoms with Gasteiger partial charge in [-0.15, -0.1) is 23.1 Å². The molecule has 0 aliphatic carbocycles. The number of fused-ring (bicyclic) bond motifs is 1. The lowest BCUT2D eigenvalue weighted by atomic mass is 10.1. The van der Waals surface area contributed by atoms with E-state index in [1.165, 1.54) is 28.7 Å². The van der Waals surface area contributed by atoms with E-state index in [1.54, 1.807) is 0 Å². The van der Waals surface area contributed by atoms with Crippen LogP contribution in [0.5, 0.6) is 0 Å². The lowest BCUT2D eigenvalue weighted by Gasteiger charge is -2.12. The molecule has 148 valence electrons. The molecule has 2 heterocycles. The number of hydrogen-bond donors (Lipinski definition) is 2. The zero-order valence-corrected chi connectivity index (χ0v) is 19.2. The third-order valence-corrected chi connectivity index (χ3v) is 7.61. The second-order valence-electron chi connectivity index (χ2n) is 6.56. The highest BCUT2D eigenvalue weighted by Gasteiger charge is 2.16. The number of carbonyl (C=O) groups excluding carboxylic acids is 1. The second kappa shape index (κ2) is 9.24. The Hall–Kier alpha value is -1.64. The van der Waals surface area contributed by atoms with Crippen LogP contribution in [0.25, 0.3) is 10.2 Å². The highest BCUT2D eigenvalue weighted by Crippen LogP contribution is 2.26. The Morgan fingerprint density at radius 2 is 2.11 bits per heavy atom. The number of aromatic amines is 1. The largest absolute Gasteiger partial charge is 0.355 e. The lowest BCUT2D eigenvalue weighted by Crippen LogP contribution is -2.32. The van der Waals surface area contributed by atoms with Crippen LogP contribution in [-0.2, 0) is 17.0 Å². The number of thioether (sulfide) groups is 1. The van der Waals surface area contributed by atoms with Gasteiger partial charge in [0.15, 0.2) is 0 Å². The summed E-state index contributed by atoms with van der Waals surface area (Å²) >= 11 is 6.52. The first-order chi connectivity index (χ1) is 13.4. The Morgan fingerprint density at radius 1 is 1.36 bits per heavy atom. The minimum absolute atomic E-state index is 0.0108. The third-order valence-electron chi connectivity index (χ3n) is 4.58. The van der Waals surface area contributed by atoms with Crippen molar-refractivity contribution < 1.29 is 4.79 Å². The van der Waals surface area contributed by atoms with Gasteiger partial charge in [-0.3, -0.25) is 9.59 Å². The molecular formula is C20H22BrN3O2S2. The molecule has 0 saturated carbocycles. The average molecular weight is 480 g/mol. The van der Waals surface area contributed by atoms with Gasteiger partial charge in [-0.1, -0.05) is 34.1 Å². The predicted molar refractivity (Wildman–Crippen MR) is 121 cm³/mol. The Morgan fingerprint density at radius 3 is 2.86 bits per heavy atom. The summed E-state index contributed by atoms with van der Waals surface area (Å²) in [5.41, 5.74) is 2.05. The fourth-order valence-electron chi connectivity index (χ4n) is 2.81. The zero-order chi connectivity index (χ0) is 20.3. The van der Waals surface area contributed by atoms with Gasteiger partial charge < -0.3 is 10.3 Å². The van der Waals surface area contributed by atoms with Crippen LogP contribution in [0.3, 0.4) is 0 Å². The van der Waals surface area contributed by atoms with Crippen LogP contribution < -0.4 is 10.9 Å². The molecule has 8 heteroatoms. The van der Waals surface area contributed by atoms with E-state index in [0.29, 0.717) is 23.5 Å². The van der Waals surface area contributed by atoms with Gasteiger partial charge >= 0.3 is 0 Å². The maximum atomic E-state index is 12.3. The minimum Gasteiger partial charge on any atom is -0.355 e. The molecule has 28 heavy (non-hydrogen) atoms. The first kappa shape index (κ1) is 21.1. The van der Waals surface area contributed by atoms with E-state index in [1.807, 2.05) is 45.0 Å². The summed E-state index contributed by atoms with van der Waals surface area (Å²) in [5.74, 6) is 1.08. The number of hydrogen-bond acceptors (Lipinski definition) is 5. The first-order valence-corrected chi connectivity index (χ1v) is 11.6. The van der Waals surface area contributed by atoms with E-state index < -0.39 is 0 Å². The number of thiophene rings is 1. The quantitative estimate of drug-likeness (QED) is 0.528. The van der Waals surface area contributed by atoms with Crippen LogP contribution in [0.15, 0.2) is 33.5 Å². The van der Waals surface area contributed by atoms with Crippen LogP contribution in [0, 0.1) is 13.8 Å². The Kier molecular flexibility index (Phi) is 6.95. The third kappa shape index (κ3) is 4.85. The molecule has 1 aromatic carbocycles. The van der Waals surface area contributed by atoms with Crippen LogP contribution in [0.4, 0.5) is 0 Å². The highest BCUT2D eigenvalue weighted by molar-refractivity contribution is 9.10. The topological polar surface area (TPSA) is 74.8 Å². The maximum absolute atomic E-state index is 12.3. The molecule has 1 atom stereocenters. The number of aryl methyl sites for hydroxylation is 2. The van der Waals surface area contributed by atoms with Crippen molar-refractivity contribution in [2.75, 3.05) is 6.54 Å². The molecule has 3 aromatic rings. The summed E-state index contributed by atoms with van der Waals surface area (Å²) in [7, 11) is 0. The number of carbonyl (C=O) groups is 1. The number of nitrogens with one attached hydrogen (secondary N) is 2. The fraction of sp³-hybridized carbons (Fsp3) is 0.350. The van der Waals surface area contributed by atoms with Crippen LogP contribution in [0.2, 0.25) is 0 Å². The van der Waals surface area contributed by atoms with Crippen molar-refractivity contribution in [2.24, 2.45) is 0 Å². The van der Waals surface area contributed by atoms with Gasteiger partial charge in [0.1, 0.15) is 10.7 Å². The van der Waals surface area contributed by atoms with Crippen LogP contribution in [0.1, 0.15) is 28.8 Å². The molecule has 2 N–H and O–H groups in total. The van der Waals surface area contributed by atoms with Crippen molar-refractivity contribution in [3.63, 3.8) is 0 Å². The standard InChI is InChI=1S/C20H22BrN3O2S2/c1-11-12(2)28-20-17(11)19(26)23-16(24-20)10-27-13(3)18(25)22-9-8-14-6-4-5-7-15(14)21/h4-7,13H,8-10H2,1-3H3,(H,22,25)(H,23,24,26). The van der Waals surface area contributed by atoms with Crippen molar-refractivity contribution in [2.45, 2.75) is 38.2 Å². The summed E-state index contributed by atoms with van der Waals surface area (Å²) in [6.07, 6.45) is 0.771. The van der Waals surface area contributed by atoms with Crippen molar-refractivity contribution in [3.8, 4) is 0 Å². The fourth-order valence-corrected chi connectivity index (χ4v) is 5.12. The van der Waals surface area contributed by atoms with Crippen molar-refractivity contribution >= 4 is 55.2 Å². The molecule has 0 aliphatic heterocycles. The van der Waals surface area contributed by atoms with E-state index in [-0.39, 0.29) is 16.7 Å². The van der Waals surface area contributed by atoms with Gasteiger partial charge in [-0.2, -0.15) is 0 Å². The summed E-state index contributed by atoms with van der Waals surface area (Å²) in [4.78, 5) is 34.0. The van der Waals surface area contributed by atoms with Gasteiger partial charge in [0, 0.05) is 15.9 Å². The summed E-state index contributed by atoms with van der Waals surface area (Å²) in [5, 5.41) is 3.42. The number of amides is 1. The Labute approximate surface area is 180 Å². The van der Waals surface area contributed by atoms with E-state index in [0.717, 1.165) is 26.2 Å². The van der Waals surface area contributed by atoms with Crippen LogP contribution >= 0.6 is 39.0 Å². The lowest BCUT2D eigenvalue weighted by molar-refractivity contribution is -0.120. The number of aromatic nitrogens is 2. The van der Waals surface area contributed by atoms with Gasteiger partial charge in [0.25, 0.3) is 5.56 Å². The molecule has 0 radical (unpaired) electrons. The monoisotopic (exact) mass is 479 g/mol. The first-order valence-electron chi connectivity index (χ1n) is 8.98.